The lowest BCUT2D eigenvalue weighted by Gasteiger charge is -2.18. The molecule has 1 atom stereocenters. The Hall–Kier alpha value is -3.55. The zero-order valence-electron chi connectivity index (χ0n) is 18.0. The van der Waals surface area contributed by atoms with Crippen LogP contribution in [0.15, 0.2) is 77.9 Å². The van der Waals surface area contributed by atoms with Crippen molar-refractivity contribution in [2.24, 2.45) is 12.8 Å². The van der Waals surface area contributed by atoms with Crippen molar-refractivity contribution in [2.45, 2.75) is 12.5 Å². The van der Waals surface area contributed by atoms with Gasteiger partial charge in [0.05, 0.1) is 11.3 Å². The second-order valence-corrected chi connectivity index (χ2v) is 8.17. The number of aromatic nitrogens is 3. The molecule has 2 aromatic heterocycles. The van der Waals surface area contributed by atoms with Crippen molar-refractivity contribution in [3.63, 3.8) is 0 Å². The van der Waals surface area contributed by atoms with Gasteiger partial charge in [-0.05, 0) is 53.9 Å². The smallest absolute Gasteiger partial charge is 0.263 e. The molecule has 0 saturated carbocycles. The molecule has 0 bridgehead atoms. The molecule has 8 heteroatoms. The number of pyridine rings is 1. The highest BCUT2D eigenvalue weighted by molar-refractivity contribution is 6.30. The third-order valence-electron chi connectivity index (χ3n) is 5.31. The third-order valence-corrected chi connectivity index (χ3v) is 5.56. The molecule has 0 aliphatic carbocycles. The van der Waals surface area contributed by atoms with Crippen LogP contribution in [0.5, 0.6) is 0 Å². The maximum Gasteiger partial charge on any atom is 0.263 e. The molecule has 2 heterocycles. The summed E-state index contributed by atoms with van der Waals surface area (Å²) < 4.78 is 14.9. The summed E-state index contributed by atoms with van der Waals surface area (Å²) in [5, 5.41) is 3.88. The van der Waals surface area contributed by atoms with E-state index in [1.165, 1.54) is 16.7 Å². The van der Waals surface area contributed by atoms with Crippen LogP contribution >= 0.6 is 11.6 Å². The molecule has 0 spiro atoms. The topological polar surface area (TPSA) is 85.8 Å². The summed E-state index contributed by atoms with van der Waals surface area (Å²) in [6, 6.07) is 16.7. The third kappa shape index (κ3) is 5.27. The summed E-state index contributed by atoms with van der Waals surface area (Å²) in [4.78, 5) is 22.2. The van der Waals surface area contributed by atoms with Gasteiger partial charge in [0, 0.05) is 42.6 Å². The van der Waals surface area contributed by atoms with Gasteiger partial charge in [-0.3, -0.25) is 14.3 Å². The van der Waals surface area contributed by atoms with Crippen LogP contribution in [0.25, 0.3) is 22.4 Å². The Morgan fingerprint density at radius 3 is 2.36 bits per heavy atom. The maximum absolute atomic E-state index is 13.5. The Bertz CT molecular complexity index is 1290. The molecule has 0 aliphatic heterocycles. The summed E-state index contributed by atoms with van der Waals surface area (Å²) in [5.41, 5.74) is 9.32. The molecule has 0 amide bonds. The summed E-state index contributed by atoms with van der Waals surface area (Å²) in [6.07, 6.45) is 3.92. The van der Waals surface area contributed by atoms with Gasteiger partial charge in [-0.15, -0.1) is 0 Å². The van der Waals surface area contributed by atoms with Crippen molar-refractivity contribution in [1.82, 2.24) is 14.5 Å². The van der Waals surface area contributed by atoms with Gasteiger partial charge in [-0.1, -0.05) is 35.9 Å². The number of anilines is 1. The number of hydrogen-bond donors (Lipinski definition) is 2. The van der Waals surface area contributed by atoms with Crippen molar-refractivity contribution in [1.29, 1.82) is 0 Å². The SMILES string of the molecule is Cn1c(NCC(N)Cc2ccc(Cl)cc2)nc(-c2ccncc2)c(-c2ccc(F)cc2)c1=O. The van der Waals surface area contributed by atoms with Crippen LogP contribution in [0.1, 0.15) is 5.56 Å². The molecular formula is C25H23ClFN5O. The van der Waals surface area contributed by atoms with Gasteiger partial charge in [-0.2, -0.15) is 0 Å². The van der Waals surface area contributed by atoms with Crippen LogP contribution in [-0.2, 0) is 13.5 Å². The average Bonchev–Trinajstić information content (AvgIpc) is 2.83. The van der Waals surface area contributed by atoms with E-state index in [4.69, 9.17) is 22.3 Å². The second-order valence-electron chi connectivity index (χ2n) is 7.74. The van der Waals surface area contributed by atoms with E-state index in [0.29, 0.717) is 40.8 Å². The van der Waals surface area contributed by atoms with Crippen molar-refractivity contribution >= 4 is 17.5 Å². The minimum absolute atomic E-state index is 0.204. The highest BCUT2D eigenvalue weighted by Gasteiger charge is 2.18. The predicted octanol–water partition coefficient (Wildman–Crippen LogP) is 4.28. The van der Waals surface area contributed by atoms with E-state index < -0.39 is 0 Å². The lowest BCUT2D eigenvalue weighted by molar-refractivity contribution is 0.628. The molecule has 4 aromatic rings. The van der Waals surface area contributed by atoms with Crippen molar-refractivity contribution in [3.05, 3.63) is 99.8 Å². The molecule has 0 fully saturated rings. The molecule has 3 N–H and O–H groups in total. The number of nitrogens with one attached hydrogen (secondary N) is 1. The molecule has 0 radical (unpaired) electrons. The molecule has 0 saturated heterocycles. The predicted molar refractivity (Wildman–Crippen MR) is 130 cm³/mol. The fourth-order valence-electron chi connectivity index (χ4n) is 3.57. The summed E-state index contributed by atoms with van der Waals surface area (Å²) in [7, 11) is 1.64. The fraction of sp³-hybridized carbons (Fsp3) is 0.160. The number of benzene rings is 2. The van der Waals surface area contributed by atoms with Gasteiger partial charge in [0.25, 0.3) is 5.56 Å². The average molecular weight is 464 g/mol. The zero-order chi connectivity index (χ0) is 23.4. The summed E-state index contributed by atoms with van der Waals surface area (Å²) in [6.45, 7) is 0.411. The maximum atomic E-state index is 13.5. The van der Waals surface area contributed by atoms with Crippen molar-refractivity contribution < 1.29 is 4.39 Å². The van der Waals surface area contributed by atoms with E-state index >= 15 is 0 Å². The van der Waals surface area contributed by atoms with Gasteiger partial charge in [-0.25, -0.2) is 9.37 Å². The highest BCUT2D eigenvalue weighted by atomic mass is 35.5. The van der Waals surface area contributed by atoms with Crippen molar-refractivity contribution in [3.8, 4) is 22.4 Å². The van der Waals surface area contributed by atoms with Crippen molar-refractivity contribution in [2.75, 3.05) is 11.9 Å². The molecule has 168 valence electrons. The molecule has 2 aromatic carbocycles. The largest absolute Gasteiger partial charge is 0.354 e. The van der Waals surface area contributed by atoms with Gasteiger partial charge >= 0.3 is 0 Å². The first-order valence-corrected chi connectivity index (χ1v) is 10.8. The molecule has 1 unspecified atom stereocenters. The normalized spacial score (nSPS) is 11.9. The van der Waals surface area contributed by atoms with Gasteiger partial charge in [0.1, 0.15) is 5.82 Å². The first-order chi connectivity index (χ1) is 15.9. The van der Waals surface area contributed by atoms with Gasteiger partial charge < -0.3 is 11.1 Å². The van der Waals surface area contributed by atoms with E-state index in [-0.39, 0.29) is 17.4 Å². The number of nitrogens with zero attached hydrogens (tertiary/aromatic N) is 3. The van der Waals surface area contributed by atoms with Gasteiger partial charge in [0.2, 0.25) is 5.95 Å². The lowest BCUT2D eigenvalue weighted by Crippen LogP contribution is -2.34. The Labute approximate surface area is 195 Å². The molecule has 33 heavy (non-hydrogen) atoms. The number of hydrogen-bond acceptors (Lipinski definition) is 5. The number of rotatable bonds is 7. The molecule has 6 nitrogen and oxygen atoms in total. The van der Waals surface area contributed by atoms with E-state index in [0.717, 1.165) is 11.1 Å². The van der Waals surface area contributed by atoms with Crippen LogP contribution < -0.4 is 16.6 Å². The van der Waals surface area contributed by atoms with E-state index in [2.05, 4.69) is 10.3 Å². The van der Waals surface area contributed by atoms with E-state index in [9.17, 15) is 9.18 Å². The van der Waals surface area contributed by atoms with Crippen LogP contribution in [-0.4, -0.2) is 27.1 Å². The second kappa shape index (κ2) is 9.94. The number of halogens is 2. The molecular weight excluding hydrogens is 441 g/mol. The first kappa shape index (κ1) is 22.6. The van der Waals surface area contributed by atoms with Gasteiger partial charge in [0.15, 0.2) is 0 Å². The number of nitrogens with two attached hydrogens (primary N) is 1. The Morgan fingerprint density at radius 1 is 1.03 bits per heavy atom. The minimum atomic E-state index is -0.373. The fourth-order valence-corrected chi connectivity index (χ4v) is 3.70. The Balaban J connectivity index is 1.66. The Morgan fingerprint density at radius 2 is 1.70 bits per heavy atom. The van der Waals surface area contributed by atoms with Crippen LogP contribution in [0.2, 0.25) is 5.02 Å². The van der Waals surface area contributed by atoms with Crippen LogP contribution in [0.4, 0.5) is 10.3 Å². The highest BCUT2D eigenvalue weighted by Crippen LogP contribution is 2.28. The first-order valence-electron chi connectivity index (χ1n) is 10.4. The zero-order valence-corrected chi connectivity index (χ0v) is 18.8. The lowest BCUT2D eigenvalue weighted by atomic mass is 10.0. The Kier molecular flexibility index (Phi) is 6.82. The quantitative estimate of drug-likeness (QED) is 0.427. The minimum Gasteiger partial charge on any atom is -0.354 e. The standard InChI is InChI=1S/C25H23ClFN5O/c1-32-24(33)22(17-4-8-20(27)9-5-17)23(18-10-12-29-13-11-18)31-25(32)30-15-21(28)14-16-2-6-19(26)7-3-16/h2-13,21H,14-15,28H2,1H3,(H,30,31). The summed E-state index contributed by atoms with van der Waals surface area (Å²) in [5.74, 6) is 0.0196. The van der Waals surface area contributed by atoms with E-state index in [1.807, 2.05) is 24.3 Å². The summed E-state index contributed by atoms with van der Waals surface area (Å²) >= 11 is 5.95. The van der Waals surface area contributed by atoms with Crippen LogP contribution in [0, 0.1) is 5.82 Å². The van der Waals surface area contributed by atoms with Crippen LogP contribution in [0.3, 0.4) is 0 Å². The monoisotopic (exact) mass is 463 g/mol. The molecule has 4 rings (SSSR count). The van der Waals surface area contributed by atoms with E-state index in [1.54, 1.807) is 43.7 Å². The molecule has 0 aliphatic rings.